The molecule has 0 heterocycles. The Morgan fingerprint density at radius 2 is 0.433 bits per heavy atom. The molecule has 67 heavy (non-hydrogen) atoms. The number of carbonyl (C=O) groups excluding carboxylic acids is 3. The monoisotopic (exact) mass is 947 g/mol. The summed E-state index contributed by atoms with van der Waals surface area (Å²) in [5.74, 6) is 1.67. The summed E-state index contributed by atoms with van der Waals surface area (Å²) in [4.78, 5) is 38.2. The first-order chi connectivity index (χ1) is 32.6. The molecular weight excluding hydrogens is 829 g/mol. The van der Waals surface area contributed by atoms with Crippen LogP contribution in [0.1, 0.15) is 337 Å². The highest BCUT2D eigenvalue weighted by Gasteiger charge is 2.19. The molecule has 0 saturated carbocycles. The highest BCUT2D eigenvalue weighted by Crippen LogP contribution is 2.19. The van der Waals surface area contributed by atoms with Gasteiger partial charge < -0.3 is 14.2 Å². The zero-order valence-corrected chi connectivity index (χ0v) is 46.2. The van der Waals surface area contributed by atoms with Crippen molar-refractivity contribution in [3.05, 3.63) is 0 Å². The number of carbonyl (C=O) groups is 3. The van der Waals surface area contributed by atoms with Gasteiger partial charge in [-0.2, -0.15) is 0 Å². The SMILES string of the molecule is CC(C)CCCCCCCCCCCCCCCCCCC(=O)OC[C@@H](COC(=O)CCCCCCCCCCCC(C)C)OC(=O)CCCCCCCCCCCCCCCCCC(C)C. The molecule has 6 heteroatoms. The first-order valence-electron chi connectivity index (χ1n) is 30.1. The van der Waals surface area contributed by atoms with Crippen LogP contribution in [0.4, 0.5) is 0 Å². The van der Waals surface area contributed by atoms with E-state index in [9.17, 15) is 14.4 Å². The van der Waals surface area contributed by atoms with Gasteiger partial charge in [0.15, 0.2) is 6.10 Å². The van der Waals surface area contributed by atoms with Crippen molar-refractivity contribution in [2.45, 2.75) is 343 Å². The van der Waals surface area contributed by atoms with Crippen LogP contribution in [0.5, 0.6) is 0 Å². The lowest BCUT2D eigenvalue weighted by Crippen LogP contribution is -2.30. The van der Waals surface area contributed by atoms with Crippen LogP contribution in [0.2, 0.25) is 0 Å². The Labute approximate surface area is 418 Å². The standard InChI is InChI=1S/C61H118O6/c1-55(2)47-41-35-29-23-18-14-10-7-8-12-16-20-26-32-38-44-50-59(62)65-53-58(54-66-60(63)51-45-39-33-28-22-25-31-37-43-49-57(5)6)67-61(64)52-46-40-34-27-21-17-13-9-11-15-19-24-30-36-42-48-56(3)4/h55-58H,7-54H2,1-6H3/t58-/m0/s1. The minimum Gasteiger partial charge on any atom is -0.462 e. The van der Waals surface area contributed by atoms with E-state index in [0.717, 1.165) is 75.5 Å². The highest BCUT2D eigenvalue weighted by molar-refractivity contribution is 5.71. The van der Waals surface area contributed by atoms with E-state index in [0.29, 0.717) is 19.3 Å². The van der Waals surface area contributed by atoms with Gasteiger partial charge in [0.25, 0.3) is 0 Å². The second-order valence-electron chi connectivity index (χ2n) is 22.4. The molecule has 0 bridgehead atoms. The van der Waals surface area contributed by atoms with Crippen molar-refractivity contribution in [2.24, 2.45) is 17.8 Å². The van der Waals surface area contributed by atoms with Crippen molar-refractivity contribution in [3.8, 4) is 0 Å². The van der Waals surface area contributed by atoms with E-state index in [1.807, 2.05) is 0 Å². The zero-order valence-electron chi connectivity index (χ0n) is 46.2. The van der Waals surface area contributed by atoms with Crippen molar-refractivity contribution >= 4 is 17.9 Å². The zero-order chi connectivity index (χ0) is 49.1. The van der Waals surface area contributed by atoms with Gasteiger partial charge in [0.1, 0.15) is 13.2 Å². The highest BCUT2D eigenvalue weighted by atomic mass is 16.6. The largest absolute Gasteiger partial charge is 0.462 e. The topological polar surface area (TPSA) is 78.9 Å². The maximum atomic E-state index is 12.9. The lowest BCUT2D eigenvalue weighted by Gasteiger charge is -2.18. The average Bonchev–Trinajstić information content (AvgIpc) is 3.29. The van der Waals surface area contributed by atoms with Gasteiger partial charge in [-0.3, -0.25) is 14.4 Å². The molecule has 0 aliphatic rings. The van der Waals surface area contributed by atoms with E-state index in [4.69, 9.17) is 14.2 Å². The summed E-state index contributed by atoms with van der Waals surface area (Å²) in [6.45, 7) is 13.8. The Bertz CT molecular complexity index is 1040. The predicted octanol–water partition coefficient (Wildman–Crippen LogP) is 19.9. The Hall–Kier alpha value is -1.59. The molecule has 0 aromatic rings. The predicted molar refractivity (Wildman–Crippen MR) is 289 cm³/mol. The molecule has 0 aromatic carbocycles. The smallest absolute Gasteiger partial charge is 0.306 e. The molecule has 0 aromatic heterocycles. The summed E-state index contributed by atoms with van der Waals surface area (Å²) in [6, 6.07) is 0. The van der Waals surface area contributed by atoms with Crippen molar-refractivity contribution in [1.29, 1.82) is 0 Å². The molecule has 0 fully saturated rings. The third-order valence-corrected chi connectivity index (χ3v) is 13.9. The number of hydrogen-bond acceptors (Lipinski definition) is 6. The van der Waals surface area contributed by atoms with Gasteiger partial charge in [-0.05, 0) is 37.0 Å². The van der Waals surface area contributed by atoms with Crippen molar-refractivity contribution in [1.82, 2.24) is 0 Å². The molecule has 0 saturated heterocycles. The molecular formula is C61H118O6. The van der Waals surface area contributed by atoms with Crippen molar-refractivity contribution in [3.63, 3.8) is 0 Å². The second-order valence-corrected chi connectivity index (χ2v) is 22.4. The third kappa shape index (κ3) is 55.2. The Kier molecular flexibility index (Phi) is 51.0. The first kappa shape index (κ1) is 65.4. The summed E-state index contributed by atoms with van der Waals surface area (Å²) in [7, 11) is 0. The molecule has 398 valence electrons. The van der Waals surface area contributed by atoms with Gasteiger partial charge in [-0.25, -0.2) is 0 Å². The Morgan fingerprint density at radius 3 is 0.642 bits per heavy atom. The second kappa shape index (κ2) is 52.2. The number of esters is 3. The normalized spacial score (nSPS) is 12.1. The molecule has 0 radical (unpaired) electrons. The van der Waals surface area contributed by atoms with Gasteiger partial charge in [0.05, 0.1) is 0 Å². The number of hydrogen-bond donors (Lipinski definition) is 0. The molecule has 0 spiro atoms. The maximum absolute atomic E-state index is 12.9. The number of unbranched alkanes of at least 4 members (excludes halogenated alkanes) is 37. The van der Waals surface area contributed by atoms with Crippen molar-refractivity contribution in [2.75, 3.05) is 13.2 Å². The van der Waals surface area contributed by atoms with Gasteiger partial charge in [0, 0.05) is 19.3 Å². The summed E-state index contributed by atoms with van der Waals surface area (Å²) >= 11 is 0. The summed E-state index contributed by atoms with van der Waals surface area (Å²) < 4.78 is 16.9. The lowest BCUT2D eigenvalue weighted by molar-refractivity contribution is -0.167. The van der Waals surface area contributed by atoms with E-state index in [-0.39, 0.29) is 31.1 Å². The van der Waals surface area contributed by atoms with Crippen LogP contribution in [-0.4, -0.2) is 37.2 Å². The average molecular weight is 948 g/mol. The fourth-order valence-electron chi connectivity index (χ4n) is 9.35. The van der Waals surface area contributed by atoms with Crippen molar-refractivity contribution < 1.29 is 28.6 Å². The Morgan fingerprint density at radius 1 is 0.254 bits per heavy atom. The summed E-state index contributed by atoms with van der Waals surface area (Å²) in [6.07, 6.45) is 55.3. The van der Waals surface area contributed by atoms with Gasteiger partial charge in [-0.1, -0.05) is 298 Å². The van der Waals surface area contributed by atoms with Gasteiger partial charge >= 0.3 is 17.9 Å². The quantitative estimate of drug-likeness (QED) is 0.0343. The number of rotatable bonds is 54. The minimum absolute atomic E-state index is 0.0633. The van der Waals surface area contributed by atoms with Gasteiger partial charge in [0.2, 0.25) is 0 Å². The molecule has 0 aliphatic carbocycles. The molecule has 0 rings (SSSR count). The van der Waals surface area contributed by atoms with E-state index in [1.54, 1.807) is 0 Å². The van der Waals surface area contributed by atoms with Crippen LogP contribution in [-0.2, 0) is 28.6 Å². The molecule has 1 atom stereocenters. The minimum atomic E-state index is -0.764. The van der Waals surface area contributed by atoms with Crippen LogP contribution < -0.4 is 0 Å². The van der Waals surface area contributed by atoms with Crippen LogP contribution in [0.25, 0.3) is 0 Å². The fraction of sp³-hybridized carbons (Fsp3) is 0.951. The Balaban J connectivity index is 4.26. The van der Waals surface area contributed by atoms with Crippen LogP contribution in [0.3, 0.4) is 0 Å². The fourth-order valence-corrected chi connectivity index (χ4v) is 9.35. The van der Waals surface area contributed by atoms with E-state index in [1.165, 1.54) is 218 Å². The summed E-state index contributed by atoms with van der Waals surface area (Å²) in [5, 5.41) is 0. The first-order valence-corrected chi connectivity index (χ1v) is 30.1. The van der Waals surface area contributed by atoms with E-state index < -0.39 is 6.10 Å². The van der Waals surface area contributed by atoms with Crippen LogP contribution >= 0.6 is 0 Å². The number of ether oxygens (including phenoxy) is 3. The van der Waals surface area contributed by atoms with Gasteiger partial charge in [-0.15, -0.1) is 0 Å². The van der Waals surface area contributed by atoms with Crippen LogP contribution in [0.15, 0.2) is 0 Å². The van der Waals surface area contributed by atoms with E-state index in [2.05, 4.69) is 41.5 Å². The molecule has 0 amide bonds. The van der Waals surface area contributed by atoms with E-state index >= 15 is 0 Å². The molecule has 0 N–H and O–H groups in total. The lowest BCUT2D eigenvalue weighted by atomic mass is 10.0. The third-order valence-electron chi connectivity index (χ3n) is 13.9. The molecule has 0 aliphatic heterocycles. The summed E-state index contributed by atoms with van der Waals surface area (Å²) in [5.41, 5.74) is 0. The molecule has 0 unspecified atom stereocenters. The van der Waals surface area contributed by atoms with Crippen LogP contribution in [0, 0.1) is 17.8 Å². The molecule has 6 nitrogen and oxygen atoms in total. The maximum Gasteiger partial charge on any atom is 0.306 e.